The minimum atomic E-state index is -0.550. The predicted octanol–water partition coefficient (Wildman–Crippen LogP) is 2.17. The molecular weight excluding hydrogens is 243 g/mol. The summed E-state index contributed by atoms with van der Waals surface area (Å²) < 4.78 is 13.5. The smallest absolute Gasteiger partial charge is 0.239 e. The van der Waals surface area contributed by atoms with Gasteiger partial charge in [0.05, 0.1) is 6.04 Å². The fraction of sp³-hybridized carbons (Fsp3) is 0.417. The number of nitrogens with two attached hydrogens (primary N) is 1. The van der Waals surface area contributed by atoms with Crippen LogP contribution < -0.4 is 5.73 Å². The second-order valence-electron chi connectivity index (χ2n) is 3.91. The van der Waals surface area contributed by atoms with Crippen molar-refractivity contribution < 1.29 is 9.18 Å². The average Bonchev–Trinajstić information content (AvgIpc) is 2.31. The first-order chi connectivity index (χ1) is 7.97. The molecule has 0 spiro atoms. The highest BCUT2D eigenvalue weighted by Crippen LogP contribution is 2.20. The van der Waals surface area contributed by atoms with Crippen LogP contribution in [-0.4, -0.2) is 23.9 Å². The van der Waals surface area contributed by atoms with Gasteiger partial charge in [-0.25, -0.2) is 4.39 Å². The molecule has 1 aromatic carbocycles. The summed E-state index contributed by atoms with van der Waals surface area (Å²) in [5, 5.41) is 0.315. The van der Waals surface area contributed by atoms with Gasteiger partial charge in [0, 0.05) is 24.2 Å². The van der Waals surface area contributed by atoms with Crippen LogP contribution in [0.4, 0.5) is 4.39 Å². The SMILES string of the molecule is CCC(N)C(=O)N(C)Cc1c(F)cccc1Cl. The van der Waals surface area contributed by atoms with Crippen molar-refractivity contribution >= 4 is 17.5 Å². The number of benzene rings is 1. The number of amides is 1. The van der Waals surface area contributed by atoms with Crippen molar-refractivity contribution in [2.75, 3.05) is 7.05 Å². The van der Waals surface area contributed by atoms with Gasteiger partial charge in [-0.3, -0.25) is 4.79 Å². The van der Waals surface area contributed by atoms with Crippen LogP contribution in [-0.2, 0) is 11.3 Å². The van der Waals surface area contributed by atoms with E-state index in [-0.39, 0.29) is 12.5 Å². The summed E-state index contributed by atoms with van der Waals surface area (Å²) in [7, 11) is 1.58. The Balaban J connectivity index is 2.81. The number of rotatable bonds is 4. The lowest BCUT2D eigenvalue weighted by Crippen LogP contribution is -2.41. The quantitative estimate of drug-likeness (QED) is 0.900. The van der Waals surface area contributed by atoms with Crippen molar-refractivity contribution in [1.29, 1.82) is 0 Å². The molecule has 0 aliphatic carbocycles. The zero-order chi connectivity index (χ0) is 13.0. The fourth-order valence-corrected chi connectivity index (χ4v) is 1.68. The number of halogens is 2. The van der Waals surface area contributed by atoms with E-state index in [0.29, 0.717) is 17.0 Å². The van der Waals surface area contributed by atoms with Crippen molar-refractivity contribution in [3.63, 3.8) is 0 Å². The van der Waals surface area contributed by atoms with E-state index < -0.39 is 11.9 Å². The Kier molecular flexibility index (Phi) is 4.90. The lowest BCUT2D eigenvalue weighted by atomic mass is 10.1. The van der Waals surface area contributed by atoms with Gasteiger partial charge < -0.3 is 10.6 Å². The van der Waals surface area contributed by atoms with Crippen LogP contribution >= 0.6 is 11.6 Å². The van der Waals surface area contributed by atoms with Crippen LogP contribution in [0.5, 0.6) is 0 Å². The van der Waals surface area contributed by atoms with E-state index in [1.54, 1.807) is 13.1 Å². The number of likely N-dealkylation sites (N-methyl/N-ethyl adjacent to an activating group) is 1. The van der Waals surface area contributed by atoms with E-state index >= 15 is 0 Å². The molecule has 3 nitrogen and oxygen atoms in total. The molecule has 0 radical (unpaired) electrons. The molecule has 17 heavy (non-hydrogen) atoms. The average molecular weight is 259 g/mol. The second-order valence-corrected chi connectivity index (χ2v) is 4.32. The number of nitrogens with zero attached hydrogens (tertiary/aromatic N) is 1. The zero-order valence-corrected chi connectivity index (χ0v) is 10.7. The van der Waals surface area contributed by atoms with E-state index in [0.717, 1.165) is 0 Å². The lowest BCUT2D eigenvalue weighted by Gasteiger charge is -2.21. The largest absolute Gasteiger partial charge is 0.340 e. The monoisotopic (exact) mass is 258 g/mol. The summed E-state index contributed by atoms with van der Waals surface area (Å²) in [4.78, 5) is 13.1. The van der Waals surface area contributed by atoms with Crippen molar-refractivity contribution in [1.82, 2.24) is 4.90 Å². The molecule has 5 heteroatoms. The van der Waals surface area contributed by atoms with Crippen molar-refractivity contribution in [3.8, 4) is 0 Å². The van der Waals surface area contributed by atoms with Crippen molar-refractivity contribution in [3.05, 3.63) is 34.6 Å². The van der Waals surface area contributed by atoms with Crippen LogP contribution in [0.1, 0.15) is 18.9 Å². The maximum atomic E-state index is 13.5. The topological polar surface area (TPSA) is 46.3 Å². The molecule has 1 aromatic rings. The highest BCUT2D eigenvalue weighted by atomic mass is 35.5. The zero-order valence-electron chi connectivity index (χ0n) is 9.91. The third kappa shape index (κ3) is 3.41. The summed E-state index contributed by atoms with van der Waals surface area (Å²) in [6.45, 7) is 1.95. The Labute approximate surface area is 105 Å². The molecule has 0 heterocycles. The standard InChI is InChI=1S/C12H16ClFN2O/c1-3-11(15)12(17)16(2)7-8-9(13)5-4-6-10(8)14/h4-6,11H,3,7,15H2,1-2H3. The van der Waals surface area contributed by atoms with Crippen molar-refractivity contribution in [2.24, 2.45) is 5.73 Å². The summed E-state index contributed by atoms with van der Waals surface area (Å²) in [5.74, 6) is -0.631. The predicted molar refractivity (Wildman–Crippen MR) is 66.2 cm³/mol. The number of hydrogen-bond acceptors (Lipinski definition) is 2. The van der Waals surface area contributed by atoms with E-state index in [1.165, 1.54) is 17.0 Å². The summed E-state index contributed by atoms with van der Waals surface area (Å²) >= 11 is 5.88. The molecule has 0 bridgehead atoms. The maximum absolute atomic E-state index is 13.5. The molecule has 0 aromatic heterocycles. The molecule has 2 N–H and O–H groups in total. The second kappa shape index (κ2) is 5.98. The molecule has 0 aliphatic rings. The van der Waals surface area contributed by atoms with Gasteiger partial charge in [0.15, 0.2) is 0 Å². The maximum Gasteiger partial charge on any atom is 0.239 e. The summed E-state index contributed by atoms with van der Waals surface area (Å²) in [6.07, 6.45) is 0.550. The lowest BCUT2D eigenvalue weighted by molar-refractivity contribution is -0.131. The van der Waals surface area contributed by atoms with E-state index in [2.05, 4.69) is 0 Å². The van der Waals surface area contributed by atoms with Crippen LogP contribution in [0.25, 0.3) is 0 Å². The number of carbonyl (C=O) groups excluding carboxylic acids is 1. The molecule has 1 atom stereocenters. The van der Waals surface area contributed by atoms with Crippen LogP contribution in [0.3, 0.4) is 0 Å². The van der Waals surface area contributed by atoms with E-state index in [4.69, 9.17) is 17.3 Å². The number of carbonyl (C=O) groups is 1. The number of hydrogen-bond donors (Lipinski definition) is 1. The van der Waals surface area contributed by atoms with E-state index in [1.807, 2.05) is 6.92 Å². The highest BCUT2D eigenvalue weighted by Gasteiger charge is 2.18. The summed E-state index contributed by atoms with van der Waals surface area (Å²) in [6, 6.07) is 3.89. The molecule has 1 rings (SSSR count). The van der Waals surface area contributed by atoms with Gasteiger partial charge in [-0.1, -0.05) is 24.6 Å². The third-order valence-electron chi connectivity index (χ3n) is 2.59. The molecule has 94 valence electrons. The Bertz CT molecular complexity index is 391. The van der Waals surface area contributed by atoms with Crippen molar-refractivity contribution in [2.45, 2.75) is 25.9 Å². The fourth-order valence-electron chi connectivity index (χ4n) is 1.46. The molecule has 0 aliphatic heterocycles. The minimum absolute atomic E-state index is 0.123. The Hall–Kier alpha value is -1.13. The third-order valence-corrected chi connectivity index (χ3v) is 2.94. The molecule has 1 unspecified atom stereocenters. The van der Waals surface area contributed by atoms with Crippen LogP contribution in [0, 0.1) is 5.82 Å². The first kappa shape index (κ1) is 13.9. The van der Waals surface area contributed by atoms with Gasteiger partial charge in [-0.15, -0.1) is 0 Å². The normalized spacial score (nSPS) is 12.3. The molecule has 0 saturated heterocycles. The van der Waals surface area contributed by atoms with Gasteiger partial charge in [0.1, 0.15) is 5.82 Å². The van der Waals surface area contributed by atoms with Gasteiger partial charge in [-0.05, 0) is 18.6 Å². The molecule has 0 fully saturated rings. The molecular formula is C12H16ClFN2O. The molecule has 0 saturated carbocycles. The minimum Gasteiger partial charge on any atom is -0.340 e. The van der Waals surface area contributed by atoms with Gasteiger partial charge >= 0.3 is 0 Å². The van der Waals surface area contributed by atoms with Gasteiger partial charge in [0.2, 0.25) is 5.91 Å². The van der Waals surface area contributed by atoms with Gasteiger partial charge in [-0.2, -0.15) is 0 Å². The Morgan fingerprint density at radius 2 is 2.24 bits per heavy atom. The highest BCUT2D eigenvalue weighted by molar-refractivity contribution is 6.31. The first-order valence-corrected chi connectivity index (χ1v) is 5.78. The first-order valence-electron chi connectivity index (χ1n) is 5.40. The van der Waals surface area contributed by atoms with Gasteiger partial charge in [0.25, 0.3) is 0 Å². The van der Waals surface area contributed by atoms with Crippen LogP contribution in [0.15, 0.2) is 18.2 Å². The Morgan fingerprint density at radius 3 is 2.76 bits per heavy atom. The Morgan fingerprint density at radius 1 is 1.59 bits per heavy atom. The van der Waals surface area contributed by atoms with E-state index in [9.17, 15) is 9.18 Å². The summed E-state index contributed by atoms with van der Waals surface area (Å²) in [5.41, 5.74) is 5.94. The molecule has 1 amide bonds. The van der Waals surface area contributed by atoms with Crippen LogP contribution in [0.2, 0.25) is 5.02 Å².